The summed E-state index contributed by atoms with van der Waals surface area (Å²) in [6.45, 7) is 7.22. The van der Waals surface area contributed by atoms with Crippen LogP contribution in [0.3, 0.4) is 0 Å². The lowest BCUT2D eigenvalue weighted by Gasteiger charge is -2.25. The summed E-state index contributed by atoms with van der Waals surface area (Å²) in [6.07, 6.45) is 1.00. The van der Waals surface area contributed by atoms with Crippen LogP contribution in [0.25, 0.3) is 0 Å². The second kappa shape index (κ2) is 13.3. The highest BCUT2D eigenvalue weighted by atomic mass is 16.5. The first-order valence-electron chi connectivity index (χ1n) is 10.7. The van der Waals surface area contributed by atoms with E-state index in [4.69, 9.17) is 10.5 Å². The van der Waals surface area contributed by atoms with Gasteiger partial charge < -0.3 is 21.1 Å². The molecule has 1 unspecified atom stereocenters. The van der Waals surface area contributed by atoms with E-state index >= 15 is 0 Å². The number of guanidine groups is 1. The summed E-state index contributed by atoms with van der Waals surface area (Å²) < 4.78 is 5.36. The Morgan fingerprint density at radius 2 is 1.87 bits per heavy atom. The minimum atomic E-state index is -0.495. The van der Waals surface area contributed by atoms with Crippen LogP contribution in [0.5, 0.6) is 5.75 Å². The molecule has 0 fully saturated rings. The molecular weight excluding hydrogens is 390 g/mol. The third kappa shape index (κ3) is 9.53. The molecule has 0 aliphatic rings. The summed E-state index contributed by atoms with van der Waals surface area (Å²) in [5.41, 5.74) is 7.45. The molecule has 2 aromatic carbocycles. The van der Waals surface area contributed by atoms with E-state index in [0.29, 0.717) is 18.3 Å². The number of ether oxygens (including phenoxy) is 1. The van der Waals surface area contributed by atoms with Gasteiger partial charge in [-0.2, -0.15) is 0 Å². The molecule has 7 nitrogen and oxygen atoms in total. The van der Waals surface area contributed by atoms with Crippen LogP contribution in [0, 0.1) is 0 Å². The molecule has 0 saturated heterocycles. The molecule has 2 aromatic rings. The number of carbonyl (C=O) groups is 1. The van der Waals surface area contributed by atoms with Crippen molar-refractivity contribution in [3.8, 4) is 5.75 Å². The molecule has 0 aliphatic carbocycles. The van der Waals surface area contributed by atoms with E-state index in [2.05, 4.69) is 58.8 Å². The first-order chi connectivity index (χ1) is 15.0. The average Bonchev–Trinajstić information content (AvgIpc) is 2.77. The normalized spacial score (nSPS) is 12.5. The van der Waals surface area contributed by atoms with Gasteiger partial charge in [0.15, 0.2) is 12.6 Å². The van der Waals surface area contributed by atoms with Crippen LogP contribution in [0.15, 0.2) is 59.6 Å². The predicted molar refractivity (Wildman–Crippen MR) is 126 cm³/mol. The Kier molecular flexibility index (Phi) is 10.4. The summed E-state index contributed by atoms with van der Waals surface area (Å²) in [4.78, 5) is 17.9. The van der Waals surface area contributed by atoms with Crippen LogP contribution < -0.4 is 21.1 Å². The van der Waals surface area contributed by atoms with Crippen molar-refractivity contribution < 1.29 is 9.53 Å². The van der Waals surface area contributed by atoms with Crippen LogP contribution in [0.4, 0.5) is 0 Å². The zero-order valence-electron chi connectivity index (χ0n) is 18.8. The van der Waals surface area contributed by atoms with E-state index in [1.165, 1.54) is 5.56 Å². The molecule has 0 aromatic heterocycles. The first-order valence-corrected chi connectivity index (χ1v) is 10.7. The lowest BCUT2D eigenvalue weighted by atomic mass is 10.1. The number of aliphatic imine (C=N–C) groups is 1. The maximum Gasteiger partial charge on any atom is 0.255 e. The number of amides is 1. The Balaban J connectivity index is 1.83. The molecule has 31 heavy (non-hydrogen) atoms. The first kappa shape index (κ1) is 24.2. The highest BCUT2D eigenvalue weighted by molar-refractivity contribution is 5.79. The van der Waals surface area contributed by atoms with E-state index in [1.54, 1.807) is 6.07 Å². The number of hydrogen-bond acceptors (Lipinski definition) is 4. The lowest BCUT2D eigenvalue weighted by molar-refractivity contribution is -0.119. The topological polar surface area (TPSA) is 92.0 Å². The Labute approximate surface area is 185 Å². The van der Waals surface area contributed by atoms with Crippen molar-refractivity contribution in [2.24, 2.45) is 10.7 Å². The van der Waals surface area contributed by atoms with Crippen LogP contribution >= 0.6 is 0 Å². The Morgan fingerprint density at radius 3 is 2.58 bits per heavy atom. The molecule has 0 saturated carbocycles. The van der Waals surface area contributed by atoms with Crippen molar-refractivity contribution in [3.63, 3.8) is 0 Å². The zero-order valence-corrected chi connectivity index (χ0v) is 18.8. The monoisotopic (exact) mass is 425 g/mol. The molecule has 2 rings (SSSR count). The van der Waals surface area contributed by atoms with Gasteiger partial charge in [-0.15, -0.1) is 0 Å². The van der Waals surface area contributed by atoms with Crippen LogP contribution in [-0.2, 0) is 17.9 Å². The molecule has 1 amide bonds. The molecule has 4 N–H and O–H groups in total. The third-order valence-corrected chi connectivity index (χ3v) is 4.93. The highest BCUT2D eigenvalue weighted by Crippen LogP contribution is 2.14. The van der Waals surface area contributed by atoms with Gasteiger partial charge in [-0.25, -0.2) is 4.99 Å². The van der Waals surface area contributed by atoms with Gasteiger partial charge in [-0.05, 0) is 50.6 Å². The van der Waals surface area contributed by atoms with Crippen molar-refractivity contribution in [1.29, 1.82) is 0 Å². The maximum atomic E-state index is 10.9. The van der Waals surface area contributed by atoms with Crippen molar-refractivity contribution in [3.05, 3.63) is 65.7 Å². The van der Waals surface area contributed by atoms with Gasteiger partial charge in [0.1, 0.15) is 5.75 Å². The average molecular weight is 426 g/mol. The van der Waals surface area contributed by atoms with E-state index in [0.717, 1.165) is 37.6 Å². The lowest BCUT2D eigenvalue weighted by Crippen LogP contribution is -2.40. The molecule has 1 atom stereocenters. The second-order valence-electron chi connectivity index (χ2n) is 7.56. The molecule has 0 radical (unpaired) electrons. The fraction of sp³-hybridized carbons (Fsp3) is 0.417. The van der Waals surface area contributed by atoms with E-state index in [1.807, 2.05) is 31.2 Å². The summed E-state index contributed by atoms with van der Waals surface area (Å²) in [5.74, 6) is 0.898. The van der Waals surface area contributed by atoms with Crippen LogP contribution in [0.2, 0.25) is 0 Å². The maximum absolute atomic E-state index is 10.9. The quantitative estimate of drug-likeness (QED) is 0.359. The largest absolute Gasteiger partial charge is 0.484 e. The number of nitrogens with two attached hydrogens (primary N) is 1. The molecule has 0 spiro atoms. The molecular formula is C24H35N5O2. The summed E-state index contributed by atoms with van der Waals surface area (Å²) in [6, 6.07) is 18.5. The zero-order chi connectivity index (χ0) is 22.5. The number of hydrogen-bond donors (Lipinski definition) is 3. The fourth-order valence-electron chi connectivity index (χ4n) is 3.05. The number of rotatable bonds is 12. The van der Waals surface area contributed by atoms with Crippen molar-refractivity contribution in [2.75, 3.05) is 26.7 Å². The van der Waals surface area contributed by atoms with Crippen molar-refractivity contribution >= 4 is 11.9 Å². The highest BCUT2D eigenvalue weighted by Gasteiger charge is 2.10. The van der Waals surface area contributed by atoms with E-state index in [9.17, 15) is 4.79 Å². The Hall–Kier alpha value is -3.06. The van der Waals surface area contributed by atoms with Gasteiger partial charge in [0.2, 0.25) is 0 Å². The van der Waals surface area contributed by atoms with Gasteiger partial charge in [0.05, 0.1) is 6.54 Å². The SMILES string of the molecule is CCNC(=NCc1cccc(OCC(N)=O)c1)NCCC(C)N(C)Cc1ccccc1. The van der Waals surface area contributed by atoms with E-state index in [-0.39, 0.29) is 6.61 Å². The Bertz CT molecular complexity index is 826. The molecule has 7 heteroatoms. The standard InChI is InChI=1S/C24H35N5O2/c1-4-26-24(28-16-21-11-8-12-22(15-21)31-18-23(25)30)27-14-13-19(2)29(3)17-20-9-6-5-7-10-20/h5-12,15,19H,4,13-14,16-18H2,1-3H3,(H2,25,30)(H2,26,27,28). The van der Waals surface area contributed by atoms with Gasteiger partial charge >= 0.3 is 0 Å². The fourth-order valence-corrected chi connectivity index (χ4v) is 3.05. The Morgan fingerprint density at radius 1 is 1.13 bits per heavy atom. The summed E-state index contributed by atoms with van der Waals surface area (Å²) >= 11 is 0. The minimum Gasteiger partial charge on any atom is -0.484 e. The molecule has 168 valence electrons. The molecule has 0 bridgehead atoms. The van der Waals surface area contributed by atoms with E-state index < -0.39 is 5.91 Å². The van der Waals surface area contributed by atoms with Gasteiger partial charge in [-0.3, -0.25) is 9.69 Å². The second-order valence-corrected chi connectivity index (χ2v) is 7.56. The summed E-state index contributed by atoms with van der Waals surface area (Å²) in [5, 5.41) is 6.70. The number of nitrogens with one attached hydrogen (secondary N) is 2. The van der Waals surface area contributed by atoms with Crippen LogP contribution in [0.1, 0.15) is 31.4 Å². The number of nitrogens with zero attached hydrogens (tertiary/aromatic N) is 2. The minimum absolute atomic E-state index is 0.131. The van der Waals surface area contributed by atoms with Gasteiger partial charge in [0.25, 0.3) is 5.91 Å². The summed E-state index contributed by atoms with van der Waals surface area (Å²) in [7, 11) is 2.16. The number of benzene rings is 2. The smallest absolute Gasteiger partial charge is 0.255 e. The third-order valence-electron chi connectivity index (χ3n) is 4.93. The van der Waals surface area contributed by atoms with Crippen molar-refractivity contribution in [1.82, 2.24) is 15.5 Å². The molecule has 0 heterocycles. The number of carbonyl (C=O) groups excluding carboxylic acids is 1. The van der Waals surface area contributed by atoms with Gasteiger partial charge in [0, 0.05) is 25.7 Å². The van der Waals surface area contributed by atoms with Gasteiger partial charge in [-0.1, -0.05) is 42.5 Å². The van der Waals surface area contributed by atoms with Crippen LogP contribution in [-0.4, -0.2) is 49.6 Å². The molecule has 0 aliphatic heterocycles. The predicted octanol–water partition coefficient (Wildman–Crippen LogP) is 2.52. The van der Waals surface area contributed by atoms with Crippen molar-refractivity contribution in [2.45, 2.75) is 39.4 Å². The number of primary amides is 1.